The van der Waals surface area contributed by atoms with Crippen LogP contribution in [0.25, 0.3) is 0 Å². The molecule has 1 aliphatic rings. The molecule has 0 aliphatic carbocycles. The highest BCUT2D eigenvalue weighted by atomic mass is 127. The quantitative estimate of drug-likeness (QED) is 0.740. The van der Waals surface area contributed by atoms with Crippen LogP contribution in [0.2, 0.25) is 0 Å². The predicted octanol–water partition coefficient (Wildman–Crippen LogP) is 2.86. The van der Waals surface area contributed by atoms with Gasteiger partial charge in [-0.2, -0.15) is 0 Å². The Bertz CT molecular complexity index is 467. The van der Waals surface area contributed by atoms with E-state index < -0.39 is 0 Å². The second-order valence-electron chi connectivity index (χ2n) is 5.24. The Balaban J connectivity index is 2.23. The summed E-state index contributed by atoms with van der Waals surface area (Å²) in [7, 11) is 0. The summed E-state index contributed by atoms with van der Waals surface area (Å²) in [6.07, 6.45) is 2.07. The average Bonchev–Trinajstić information content (AvgIpc) is 2.50. The Morgan fingerprint density at radius 3 is 2.81 bits per heavy atom. The van der Waals surface area contributed by atoms with E-state index in [-0.39, 0.29) is 6.10 Å². The molecule has 1 aromatic rings. The zero-order valence-corrected chi connectivity index (χ0v) is 15.3. The van der Waals surface area contributed by atoms with Gasteiger partial charge in [-0.05, 0) is 48.9 Å². The molecule has 1 N–H and O–H groups in total. The Hall–Kier alpha value is -0.470. The van der Waals surface area contributed by atoms with E-state index in [0.717, 1.165) is 60.1 Å². The van der Waals surface area contributed by atoms with Crippen molar-refractivity contribution in [2.45, 2.75) is 39.7 Å². The number of rotatable bonds is 6. The number of nitrogens with one attached hydrogen (secondary N) is 1. The summed E-state index contributed by atoms with van der Waals surface area (Å²) in [6.45, 7) is 11.1. The standard InChI is InChI=1S/C15H25IN4O/c1-4-7-20-8-9-21-12(10-20)14-18-11(5-2)13(16)15(19-14)17-6-3/h12H,4-10H2,1-3H3,(H,17,18,19). The maximum atomic E-state index is 5.92. The number of hydrogen-bond acceptors (Lipinski definition) is 5. The first-order valence-corrected chi connectivity index (χ1v) is 8.91. The highest BCUT2D eigenvalue weighted by molar-refractivity contribution is 14.1. The van der Waals surface area contributed by atoms with Crippen molar-refractivity contribution >= 4 is 28.4 Å². The van der Waals surface area contributed by atoms with Gasteiger partial charge in [-0.3, -0.25) is 4.90 Å². The Kier molecular flexibility index (Phi) is 6.63. The van der Waals surface area contributed by atoms with Gasteiger partial charge < -0.3 is 10.1 Å². The third-order valence-electron chi connectivity index (χ3n) is 3.59. The van der Waals surface area contributed by atoms with Gasteiger partial charge in [-0.25, -0.2) is 9.97 Å². The van der Waals surface area contributed by atoms with Crippen molar-refractivity contribution < 1.29 is 4.74 Å². The minimum absolute atomic E-state index is 0.00925. The van der Waals surface area contributed by atoms with Crippen molar-refractivity contribution in [3.8, 4) is 0 Å². The molecule has 0 aromatic carbocycles. The first kappa shape index (κ1) is 16.9. The van der Waals surface area contributed by atoms with Crippen LogP contribution in [0.3, 0.4) is 0 Å². The van der Waals surface area contributed by atoms with E-state index in [2.05, 4.69) is 53.6 Å². The fourth-order valence-corrected chi connectivity index (χ4v) is 3.37. The molecular weight excluding hydrogens is 379 g/mol. The fourth-order valence-electron chi connectivity index (χ4n) is 2.55. The third kappa shape index (κ3) is 4.26. The first-order chi connectivity index (χ1) is 10.2. The van der Waals surface area contributed by atoms with Crippen molar-refractivity contribution in [1.82, 2.24) is 14.9 Å². The summed E-state index contributed by atoms with van der Waals surface area (Å²) < 4.78 is 7.04. The first-order valence-electron chi connectivity index (χ1n) is 7.83. The molecule has 2 rings (SSSR count). The molecule has 0 radical (unpaired) electrons. The summed E-state index contributed by atoms with van der Waals surface area (Å²) in [5.41, 5.74) is 1.10. The van der Waals surface area contributed by atoms with E-state index >= 15 is 0 Å². The maximum absolute atomic E-state index is 5.92. The molecule has 1 aliphatic heterocycles. The van der Waals surface area contributed by atoms with Gasteiger partial charge in [0.2, 0.25) is 0 Å². The SMILES string of the molecule is CCCN1CCOC(c2nc(CC)c(I)c(NCC)n2)C1. The molecule has 21 heavy (non-hydrogen) atoms. The van der Waals surface area contributed by atoms with Crippen LogP contribution in [0.15, 0.2) is 0 Å². The van der Waals surface area contributed by atoms with Crippen LogP contribution in [0, 0.1) is 3.57 Å². The lowest BCUT2D eigenvalue weighted by molar-refractivity contribution is -0.0342. The fraction of sp³-hybridized carbons (Fsp3) is 0.733. The van der Waals surface area contributed by atoms with Crippen molar-refractivity contribution in [3.63, 3.8) is 0 Å². The Labute approximate surface area is 141 Å². The highest BCUT2D eigenvalue weighted by Gasteiger charge is 2.25. The zero-order chi connectivity index (χ0) is 15.2. The van der Waals surface area contributed by atoms with Gasteiger partial charge in [0.1, 0.15) is 11.9 Å². The van der Waals surface area contributed by atoms with Gasteiger partial charge in [0.05, 0.1) is 15.9 Å². The van der Waals surface area contributed by atoms with Crippen molar-refractivity contribution in [1.29, 1.82) is 0 Å². The maximum Gasteiger partial charge on any atom is 0.161 e. The number of halogens is 1. The molecule has 0 bridgehead atoms. The molecule has 1 saturated heterocycles. The van der Waals surface area contributed by atoms with Crippen molar-refractivity contribution in [2.24, 2.45) is 0 Å². The summed E-state index contributed by atoms with van der Waals surface area (Å²) in [4.78, 5) is 11.9. The van der Waals surface area contributed by atoms with E-state index in [1.807, 2.05) is 0 Å². The van der Waals surface area contributed by atoms with E-state index in [0.29, 0.717) is 0 Å². The lowest BCUT2D eigenvalue weighted by Gasteiger charge is -2.32. The number of anilines is 1. The molecule has 1 unspecified atom stereocenters. The Morgan fingerprint density at radius 1 is 1.33 bits per heavy atom. The summed E-state index contributed by atoms with van der Waals surface area (Å²) in [5.74, 6) is 1.76. The predicted molar refractivity (Wildman–Crippen MR) is 93.7 cm³/mol. The molecule has 1 atom stereocenters. The zero-order valence-electron chi connectivity index (χ0n) is 13.2. The van der Waals surface area contributed by atoms with E-state index in [1.54, 1.807) is 0 Å². The van der Waals surface area contributed by atoms with Crippen molar-refractivity contribution in [3.05, 3.63) is 15.1 Å². The molecule has 0 spiro atoms. The molecule has 1 aromatic heterocycles. The summed E-state index contributed by atoms with van der Waals surface area (Å²) >= 11 is 2.33. The monoisotopic (exact) mass is 404 g/mol. The lowest BCUT2D eigenvalue weighted by Crippen LogP contribution is -2.39. The highest BCUT2D eigenvalue weighted by Crippen LogP contribution is 2.25. The summed E-state index contributed by atoms with van der Waals surface area (Å²) in [5, 5.41) is 3.34. The molecule has 0 amide bonds. The third-order valence-corrected chi connectivity index (χ3v) is 4.73. The number of aryl methyl sites for hydroxylation is 1. The minimum atomic E-state index is -0.00925. The number of hydrogen-bond donors (Lipinski definition) is 1. The number of ether oxygens (including phenoxy) is 1. The van der Waals surface area contributed by atoms with Crippen molar-refractivity contribution in [2.75, 3.05) is 38.1 Å². The second kappa shape index (κ2) is 8.24. The molecule has 0 saturated carbocycles. The normalized spacial score (nSPS) is 19.7. The second-order valence-corrected chi connectivity index (χ2v) is 6.31. The molecular formula is C15H25IN4O. The van der Waals surface area contributed by atoms with E-state index in [1.165, 1.54) is 6.42 Å². The number of nitrogens with zero attached hydrogens (tertiary/aromatic N) is 3. The van der Waals surface area contributed by atoms with Crippen LogP contribution < -0.4 is 5.32 Å². The Morgan fingerprint density at radius 2 is 2.14 bits per heavy atom. The van der Waals surface area contributed by atoms with E-state index in [9.17, 15) is 0 Å². The largest absolute Gasteiger partial charge is 0.369 e. The molecule has 2 heterocycles. The van der Waals surface area contributed by atoms with Gasteiger partial charge in [-0.15, -0.1) is 0 Å². The summed E-state index contributed by atoms with van der Waals surface area (Å²) in [6, 6.07) is 0. The van der Waals surface area contributed by atoms with Gasteiger partial charge >= 0.3 is 0 Å². The van der Waals surface area contributed by atoms with Crippen LogP contribution >= 0.6 is 22.6 Å². The number of morpholine rings is 1. The van der Waals surface area contributed by atoms with E-state index in [4.69, 9.17) is 14.7 Å². The van der Waals surface area contributed by atoms with Crippen LogP contribution in [0.4, 0.5) is 5.82 Å². The smallest absolute Gasteiger partial charge is 0.161 e. The van der Waals surface area contributed by atoms with Gasteiger partial charge in [-0.1, -0.05) is 13.8 Å². The molecule has 118 valence electrons. The van der Waals surface area contributed by atoms with Crippen LogP contribution in [-0.2, 0) is 11.2 Å². The molecule has 5 nitrogen and oxygen atoms in total. The average molecular weight is 404 g/mol. The lowest BCUT2D eigenvalue weighted by atomic mass is 10.2. The number of aromatic nitrogens is 2. The van der Waals surface area contributed by atoms with Crippen LogP contribution in [0.5, 0.6) is 0 Å². The molecule has 6 heteroatoms. The topological polar surface area (TPSA) is 50.3 Å². The van der Waals surface area contributed by atoms with Gasteiger partial charge in [0.15, 0.2) is 5.82 Å². The molecule has 1 fully saturated rings. The van der Waals surface area contributed by atoms with Gasteiger partial charge in [0, 0.05) is 19.6 Å². The van der Waals surface area contributed by atoms with Crippen LogP contribution in [0.1, 0.15) is 44.8 Å². The van der Waals surface area contributed by atoms with Gasteiger partial charge in [0.25, 0.3) is 0 Å². The minimum Gasteiger partial charge on any atom is -0.369 e. The van der Waals surface area contributed by atoms with Crippen LogP contribution in [-0.4, -0.2) is 47.7 Å².